The summed E-state index contributed by atoms with van der Waals surface area (Å²) in [6, 6.07) is 13.4. The number of methoxy groups -OCH3 is 1. The Morgan fingerprint density at radius 2 is 1.91 bits per heavy atom. The van der Waals surface area contributed by atoms with E-state index in [1.165, 1.54) is 0 Å². The molecule has 2 aliphatic rings. The van der Waals surface area contributed by atoms with Gasteiger partial charge in [-0.15, -0.1) is 0 Å². The Bertz CT molecular complexity index is 1190. The van der Waals surface area contributed by atoms with Crippen LogP contribution in [0.2, 0.25) is 0 Å². The van der Waals surface area contributed by atoms with Crippen molar-refractivity contribution in [2.75, 3.05) is 12.4 Å². The topological polar surface area (TPSA) is 74.6 Å². The molecule has 1 aliphatic heterocycles. The summed E-state index contributed by atoms with van der Waals surface area (Å²) in [5.74, 6) is 1.70. The molecule has 7 nitrogen and oxygen atoms in total. The molecule has 1 saturated carbocycles. The third-order valence-electron chi connectivity index (χ3n) is 6.53. The van der Waals surface area contributed by atoms with Crippen LogP contribution in [0.5, 0.6) is 17.2 Å². The highest BCUT2D eigenvalue weighted by atomic mass is 16.7. The van der Waals surface area contributed by atoms with Crippen molar-refractivity contribution in [2.24, 2.45) is 0 Å². The first-order valence-electron chi connectivity index (χ1n) is 11.5. The first kappa shape index (κ1) is 21.4. The average molecular weight is 448 g/mol. The molecule has 0 radical (unpaired) electrons. The minimum atomic E-state index is -0.497. The number of carbonyl (C=O) groups excluding carboxylic acids is 1. The van der Waals surface area contributed by atoms with Gasteiger partial charge in [0.05, 0.1) is 18.5 Å². The lowest BCUT2D eigenvalue weighted by molar-refractivity contribution is -0.116. The minimum absolute atomic E-state index is 0.0441. The standard InChI is InChI=1S/C26H29N3O4/c1-17-22(18(2)29(28-17)20-7-6-8-21(16-20)31-3)10-12-25(30)27-19-9-11-23-24(15-19)33-26(32-23)13-4-5-14-26/h6-9,11,15-16H,4-5,10,12-14H2,1-3H3,(H,27,30). The van der Waals surface area contributed by atoms with Crippen molar-refractivity contribution >= 4 is 11.6 Å². The SMILES string of the molecule is COc1cccc(-n2nc(C)c(CCC(=O)Nc3ccc4c(c3)OC3(CCCC3)O4)c2C)c1. The van der Waals surface area contributed by atoms with Crippen molar-refractivity contribution in [1.29, 1.82) is 0 Å². The first-order valence-corrected chi connectivity index (χ1v) is 11.5. The summed E-state index contributed by atoms with van der Waals surface area (Å²) < 4.78 is 19.4. The summed E-state index contributed by atoms with van der Waals surface area (Å²) in [7, 11) is 1.65. The quantitative estimate of drug-likeness (QED) is 0.568. The summed E-state index contributed by atoms with van der Waals surface area (Å²) in [6.07, 6.45) is 5.03. The van der Waals surface area contributed by atoms with E-state index in [4.69, 9.17) is 19.3 Å². The molecule has 1 aromatic heterocycles. The van der Waals surface area contributed by atoms with Crippen molar-refractivity contribution in [3.63, 3.8) is 0 Å². The smallest absolute Gasteiger partial charge is 0.251 e. The van der Waals surface area contributed by atoms with Crippen LogP contribution in [0, 0.1) is 13.8 Å². The van der Waals surface area contributed by atoms with Gasteiger partial charge in [0.15, 0.2) is 11.5 Å². The van der Waals surface area contributed by atoms with E-state index in [1.807, 2.05) is 61.0 Å². The van der Waals surface area contributed by atoms with E-state index >= 15 is 0 Å². The van der Waals surface area contributed by atoms with E-state index in [9.17, 15) is 4.79 Å². The Kier molecular flexibility index (Phi) is 5.48. The molecule has 7 heteroatoms. The number of amides is 1. The number of fused-ring (bicyclic) bond motifs is 1. The van der Waals surface area contributed by atoms with Crippen LogP contribution in [0.15, 0.2) is 42.5 Å². The van der Waals surface area contributed by atoms with Crippen LogP contribution in [0.4, 0.5) is 5.69 Å². The zero-order chi connectivity index (χ0) is 23.0. The number of carbonyl (C=O) groups is 1. The molecule has 1 amide bonds. The molecule has 1 fully saturated rings. The number of ether oxygens (including phenoxy) is 3. The second kappa shape index (κ2) is 8.46. The highest BCUT2D eigenvalue weighted by Gasteiger charge is 2.44. The number of benzene rings is 2. The van der Waals surface area contributed by atoms with Crippen molar-refractivity contribution in [1.82, 2.24) is 9.78 Å². The maximum absolute atomic E-state index is 12.7. The van der Waals surface area contributed by atoms with E-state index in [1.54, 1.807) is 7.11 Å². The average Bonchev–Trinajstić information content (AvgIpc) is 3.49. The fourth-order valence-corrected chi connectivity index (χ4v) is 4.78. The highest BCUT2D eigenvalue weighted by molar-refractivity contribution is 5.91. The van der Waals surface area contributed by atoms with Gasteiger partial charge in [-0.25, -0.2) is 4.68 Å². The van der Waals surface area contributed by atoms with E-state index in [0.29, 0.717) is 18.6 Å². The van der Waals surface area contributed by atoms with Crippen LogP contribution in [0.25, 0.3) is 5.69 Å². The van der Waals surface area contributed by atoms with Gasteiger partial charge in [-0.3, -0.25) is 4.79 Å². The van der Waals surface area contributed by atoms with Crippen molar-refractivity contribution in [3.05, 3.63) is 59.4 Å². The van der Waals surface area contributed by atoms with Crippen LogP contribution in [0.3, 0.4) is 0 Å². The van der Waals surface area contributed by atoms with Crippen LogP contribution < -0.4 is 19.5 Å². The Hall–Kier alpha value is -3.48. The van der Waals surface area contributed by atoms with Crippen molar-refractivity contribution < 1.29 is 19.0 Å². The molecule has 5 rings (SSSR count). The summed E-state index contributed by atoms with van der Waals surface area (Å²) in [5.41, 5.74) is 4.69. The molecule has 33 heavy (non-hydrogen) atoms. The lowest BCUT2D eigenvalue weighted by atomic mass is 10.1. The Morgan fingerprint density at radius 3 is 2.70 bits per heavy atom. The number of nitrogens with one attached hydrogen (secondary N) is 1. The van der Waals surface area contributed by atoms with Gasteiger partial charge in [-0.1, -0.05) is 6.07 Å². The normalized spacial score (nSPS) is 15.7. The van der Waals surface area contributed by atoms with Gasteiger partial charge in [0.25, 0.3) is 5.79 Å². The molecule has 1 N–H and O–H groups in total. The third-order valence-corrected chi connectivity index (χ3v) is 6.53. The molecule has 1 aliphatic carbocycles. The predicted octanol–water partition coefficient (Wildman–Crippen LogP) is 5.11. The molecule has 2 aromatic carbocycles. The summed E-state index contributed by atoms with van der Waals surface area (Å²) in [5, 5.41) is 7.69. The predicted molar refractivity (Wildman–Crippen MR) is 125 cm³/mol. The fraction of sp³-hybridized carbons (Fsp3) is 0.385. The van der Waals surface area contributed by atoms with Gasteiger partial charge in [-0.2, -0.15) is 5.10 Å². The monoisotopic (exact) mass is 447 g/mol. The zero-order valence-electron chi connectivity index (χ0n) is 19.3. The molecule has 172 valence electrons. The third kappa shape index (κ3) is 4.15. The fourth-order valence-electron chi connectivity index (χ4n) is 4.78. The molecule has 0 unspecified atom stereocenters. The molecule has 0 bridgehead atoms. The lowest BCUT2D eigenvalue weighted by Crippen LogP contribution is -2.34. The molecule has 0 atom stereocenters. The second-order valence-corrected chi connectivity index (χ2v) is 8.79. The van der Waals surface area contributed by atoms with Crippen LogP contribution in [0.1, 0.15) is 49.1 Å². The van der Waals surface area contributed by atoms with Crippen LogP contribution in [-0.2, 0) is 11.2 Å². The largest absolute Gasteiger partial charge is 0.497 e. The summed E-state index contributed by atoms with van der Waals surface area (Å²) >= 11 is 0. The van der Waals surface area contributed by atoms with Gasteiger partial charge < -0.3 is 19.5 Å². The number of hydrogen-bond donors (Lipinski definition) is 1. The first-order chi connectivity index (χ1) is 16.0. The molecule has 1 spiro atoms. The maximum atomic E-state index is 12.7. The summed E-state index contributed by atoms with van der Waals surface area (Å²) in [6.45, 7) is 4.01. The number of hydrogen-bond acceptors (Lipinski definition) is 5. The number of aromatic nitrogens is 2. The van der Waals surface area contributed by atoms with E-state index in [-0.39, 0.29) is 5.91 Å². The molecule has 3 aromatic rings. The van der Waals surface area contributed by atoms with Gasteiger partial charge >= 0.3 is 0 Å². The van der Waals surface area contributed by atoms with Gasteiger partial charge in [-0.05, 0) is 62.9 Å². The lowest BCUT2D eigenvalue weighted by Gasteiger charge is -2.21. The number of rotatable bonds is 6. The molecule has 2 heterocycles. The summed E-state index contributed by atoms with van der Waals surface area (Å²) in [4.78, 5) is 12.7. The van der Waals surface area contributed by atoms with E-state index in [0.717, 1.165) is 65.5 Å². The Balaban J connectivity index is 1.24. The van der Waals surface area contributed by atoms with E-state index in [2.05, 4.69) is 5.32 Å². The highest BCUT2D eigenvalue weighted by Crippen LogP contribution is 2.47. The molecule has 0 saturated heterocycles. The number of aryl methyl sites for hydroxylation is 1. The van der Waals surface area contributed by atoms with Crippen LogP contribution >= 0.6 is 0 Å². The maximum Gasteiger partial charge on any atom is 0.251 e. The van der Waals surface area contributed by atoms with Crippen molar-refractivity contribution in [2.45, 2.75) is 58.2 Å². The number of nitrogens with zero attached hydrogens (tertiary/aromatic N) is 2. The zero-order valence-corrected chi connectivity index (χ0v) is 19.3. The Morgan fingerprint density at radius 1 is 1.12 bits per heavy atom. The van der Waals surface area contributed by atoms with E-state index < -0.39 is 5.79 Å². The van der Waals surface area contributed by atoms with Gasteiger partial charge in [0, 0.05) is 42.8 Å². The van der Waals surface area contributed by atoms with Gasteiger partial charge in [0.2, 0.25) is 5.91 Å². The van der Waals surface area contributed by atoms with Crippen LogP contribution in [-0.4, -0.2) is 28.6 Å². The molecular weight excluding hydrogens is 418 g/mol. The van der Waals surface area contributed by atoms with Crippen molar-refractivity contribution in [3.8, 4) is 22.9 Å². The molecular formula is C26H29N3O4. The second-order valence-electron chi connectivity index (χ2n) is 8.79. The van der Waals surface area contributed by atoms with Gasteiger partial charge in [0.1, 0.15) is 5.75 Å². The minimum Gasteiger partial charge on any atom is -0.497 e. The Labute approximate surface area is 193 Å². The number of anilines is 1.